The van der Waals surface area contributed by atoms with Crippen LogP contribution in [0.5, 0.6) is 0 Å². The number of aromatic nitrogens is 2. The second-order valence-electron chi connectivity index (χ2n) is 7.24. The van der Waals surface area contributed by atoms with Crippen molar-refractivity contribution in [1.29, 1.82) is 0 Å². The fourth-order valence-electron chi connectivity index (χ4n) is 3.32. The van der Waals surface area contributed by atoms with Crippen LogP contribution in [0.3, 0.4) is 0 Å². The maximum absolute atomic E-state index is 13.0. The van der Waals surface area contributed by atoms with Crippen molar-refractivity contribution < 1.29 is 14.0 Å². The normalized spacial score (nSPS) is 10.7. The van der Waals surface area contributed by atoms with Gasteiger partial charge in [0, 0.05) is 31.7 Å². The third-order valence-corrected chi connectivity index (χ3v) is 5.51. The molecular weight excluding hydrogens is 472 g/mol. The molecule has 0 unspecified atom stereocenters. The van der Waals surface area contributed by atoms with Crippen molar-refractivity contribution in [2.45, 2.75) is 13.5 Å². The summed E-state index contributed by atoms with van der Waals surface area (Å²) in [6, 6.07) is 17.8. The molecule has 2 aromatic carbocycles. The van der Waals surface area contributed by atoms with Gasteiger partial charge in [0.1, 0.15) is 5.82 Å². The maximum atomic E-state index is 13.0. The molecule has 0 saturated carbocycles. The smallest absolute Gasteiger partial charge is 0.293 e. The zero-order chi connectivity index (χ0) is 22.7. The van der Waals surface area contributed by atoms with Crippen molar-refractivity contribution in [2.75, 3.05) is 17.3 Å². The Morgan fingerprint density at radius 1 is 1.09 bits per heavy atom. The van der Waals surface area contributed by atoms with Crippen LogP contribution in [0.4, 0.5) is 11.4 Å². The Morgan fingerprint density at radius 3 is 2.50 bits per heavy atom. The molecule has 4 rings (SSSR count). The largest absolute Gasteiger partial charge is 0.444 e. The highest BCUT2D eigenvalue weighted by Crippen LogP contribution is 2.24. The van der Waals surface area contributed by atoms with Gasteiger partial charge >= 0.3 is 0 Å². The van der Waals surface area contributed by atoms with Gasteiger partial charge in [0.2, 0.25) is 0 Å². The number of amides is 2. The predicted octanol–water partition coefficient (Wildman–Crippen LogP) is 5.12. The van der Waals surface area contributed by atoms with E-state index in [1.807, 2.05) is 42.0 Å². The Bertz CT molecular complexity index is 1260. The number of anilines is 2. The standard InChI is InChI=1S/C24H21BrN4O3/c1-16-26-13-14-29(16)15-17-7-9-18(10-8-17)27-23(30)19-5-3-4-6-20(19)28(2)24(31)21-11-12-22(25)32-21/h3-14H,15H2,1-2H3,(H,27,30). The number of hydrogen-bond acceptors (Lipinski definition) is 4. The summed E-state index contributed by atoms with van der Waals surface area (Å²) in [6.07, 6.45) is 3.70. The molecule has 2 heterocycles. The molecule has 0 spiro atoms. The van der Waals surface area contributed by atoms with Crippen LogP contribution in [0.2, 0.25) is 0 Å². The third-order valence-electron chi connectivity index (χ3n) is 5.09. The van der Waals surface area contributed by atoms with Crippen molar-refractivity contribution >= 4 is 39.1 Å². The molecule has 0 saturated heterocycles. The number of aryl methyl sites for hydroxylation is 1. The van der Waals surface area contributed by atoms with Crippen LogP contribution in [0, 0.1) is 6.92 Å². The van der Waals surface area contributed by atoms with Gasteiger partial charge in [0.15, 0.2) is 10.4 Å². The summed E-state index contributed by atoms with van der Waals surface area (Å²) in [5, 5.41) is 2.91. The van der Waals surface area contributed by atoms with E-state index in [1.165, 1.54) is 4.90 Å². The van der Waals surface area contributed by atoms with Crippen LogP contribution >= 0.6 is 15.9 Å². The lowest BCUT2D eigenvalue weighted by Crippen LogP contribution is -2.28. The number of hydrogen-bond donors (Lipinski definition) is 1. The number of benzene rings is 2. The zero-order valence-corrected chi connectivity index (χ0v) is 19.2. The van der Waals surface area contributed by atoms with E-state index in [1.54, 1.807) is 49.6 Å². The van der Waals surface area contributed by atoms with Gasteiger partial charge in [-0.05, 0) is 64.8 Å². The summed E-state index contributed by atoms with van der Waals surface area (Å²) in [4.78, 5) is 31.4. The number of furan rings is 1. The van der Waals surface area contributed by atoms with E-state index in [0.717, 1.165) is 11.4 Å². The number of carbonyl (C=O) groups excluding carboxylic acids is 2. The molecule has 2 aromatic heterocycles. The SMILES string of the molecule is Cc1nccn1Cc1ccc(NC(=O)c2ccccc2N(C)C(=O)c2ccc(Br)o2)cc1. The van der Waals surface area contributed by atoms with Crippen LogP contribution < -0.4 is 10.2 Å². The molecular formula is C24H21BrN4O3. The van der Waals surface area contributed by atoms with Crippen molar-refractivity contribution in [2.24, 2.45) is 0 Å². The Hall–Kier alpha value is -3.65. The third kappa shape index (κ3) is 4.65. The lowest BCUT2D eigenvalue weighted by molar-refractivity contribution is 0.0965. The molecule has 0 atom stereocenters. The number of carbonyl (C=O) groups is 2. The zero-order valence-electron chi connectivity index (χ0n) is 17.6. The molecule has 162 valence electrons. The Labute approximate surface area is 193 Å². The van der Waals surface area contributed by atoms with E-state index >= 15 is 0 Å². The summed E-state index contributed by atoms with van der Waals surface area (Å²) in [5.41, 5.74) is 2.63. The van der Waals surface area contributed by atoms with Crippen LogP contribution in [0.1, 0.15) is 32.3 Å². The lowest BCUT2D eigenvalue weighted by Gasteiger charge is -2.19. The first-order valence-electron chi connectivity index (χ1n) is 9.93. The predicted molar refractivity (Wildman–Crippen MR) is 126 cm³/mol. The molecule has 2 amide bonds. The number of imidazole rings is 1. The Kier molecular flexibility index (Phi) is 6.23. The minimum absolute atomic E-state index is 0.179. The van der Waals surface area contributed by atoms with Gasteiger partial charge < -0.3 is 19.2 Å². The fourth-order valence-corrected chi connectivity index (χ4v) is 3.63. The highest BCUT2D eigenvalue weighted by Gasteiger charge is 2.22. The molecule has 32 heavy (non-hydrogen) atoms. The molecule has 0 fully saturated rings. The maximum Gasteiger partial charge on any atom is 0.293 e. The minimum atomic E-state index is -0.352. The van der Waals surface area contributed by atoms with Crippen molar-refractivity contribution in [3.8, 4) is 0 Å². The second kappa shape index (κ2) is 9.23. The molecule has 1 N–H and O–H groups in total. The van der Waals surface area contributed by atoms with E-state index in [9.17, 15) is 9.59 Å². The van der Waals surface area contributed by atoms with Gasteiger partial charge in [0.05, 0.1) is 11.3 Å². The van der Waals surface area contributed by atoms with Gasteiger partial charge in [0.25, 0.3) is 11.8 Å². The van der Waals surface area contributed by atoms with Crippen molar-refractivity contribution in [1.82, 2.24) is 9.55 Å². The molecule has 0 aliphatic carbocycles. The van der Waals surface area contributed by atoms with Crippen LogP contribution in [-0.2, 0) is 6.54 Å². The average molecular weight is 493 g/mol. The van der Waals surface area contributed by atoms with Crippen molar-refractivity contribution in [3.05, 3.63) is 100 Å². The van der Waals surface area contributed by atoms with Gasteiger partial charge in [-0.3, -0.25) is 9.59 Å². The molecule has 0 radical (unpaired) electrons. The van der Waals surface area contributed by atoms with Gasteiger partial charge in [-0.1, -0.05) is 24.3 Å². The first-order valence-corrected chi connectivity index (χ1v) is 10.7. The van der Waals surface area contributed by atoms with Crippen LogP contribution in [-0.4, -0.2) is 28.4 Å². The summed E-state index contributed by atoms with van der Waals surface area (Å²) < 4.78 is 7.87. The van der Waals surface area contributed by atoms with E-state index in [0.29, 0.717) is 28.2 Å². The second-order valence-corrected chi connectivity index (χ2v) is 8.02. The highest BCUT2D eigenvalue weighted by molar-refractivity contribution is 9.10. The first kappa shape index (κ1) is 21.6. The van der Waals surface area contributed by atoms with E-state index in [-0.39, 0.29) is 17.6 Å². The van der Waals surface area contributed by atoms with Gasteiger partial charge in [-0.2, -0.15) is 0 Å². The first-order chi connectivity index (χ1) is 15.4. The molecule has 7 nitrogen and oxygen atoms in total. The van der Waals surface area contributed by atoms with Crippen molar-refractivity contribution in [3.63, 3.8) is 0 Å². The number of nitrogens with one attached hydrogen (secondary N) is 1. The average Bonchev–Trinajstić information content (AvgIpc) is 3.42. The summed E-state index contributed by atoms with van der Waals surface area (Å²) in [7, 11) is 1.61. The van der Waals surface area contributed by atoms with E-state index in [4.69, 9.17) is 4.42 Å². The molecule has 0 aliphatic rings. The van der Waals surface area contributed by atoms with Gasteiger partial charge in [-0.25, -0.2) is 4.98 Å². The number of nitrogens with zero attached hydrogens (tertiary/aromatic N) is 3. The number of para-hydroxylation sites is 1. The summed E-state index contributed by atoms with van der Waals surface area (Å²) in [6.45, 7) is 2.66. The Balaban J connectivity index is 1.49. The monoisotopic (exact) mass is 492 g/mol. The lowest BCUT2D eigenvalue weighted by atomic mass is 10.1. The quantitative estimate of drug-likeness (QED) is 0.404. The highest BCUT2D eigenvalue weighted by atomic mass is 79.9. The van der Waals surface area contributed by atoms with E-state index < -0.39 is 0 Å². The fraction of sp³-hybridized carbons (Fsp3) is 0.125. The summed E-state index contributed by atoms with van der Waals surface area (Å²) in [5.74, 6) is 0.465. The molecule has 0 aliphatic heterocycles. The topological polar surface area (TPSA) is 80.4 Å². The van der Waals surface area contributed by atoms with Gasteiger partial charge in [-0.15, -0.1) is 0 Å². The van der Waals surface area contributed by atoms with Crippen LogP contribution in [0.25, 0.3) is 0 Å². The van der Waals surface area contributed by atoms with E-state index in [2.05, 4.69) is 26.2 Å². The molecule has 4 aromatic rings. The minimum Gasteiger partial charge on any atom is -0.444 e. The Morgan fingerprint density at radius 2 is 1.84 bits per heavy atom. The summed E-state index contributed by atoms with van der Waals surface area (Å²) >= 11 is 3.20. The number of halogens is 1. The molecule has 8 heteroatoms. The number of rotatable bonds is 6. The molecule has 0 bridgehead atoms. The van der Waals surface area contributed by atoms with Crippen LogP contribution in [0.15, 0.2) is 82.1 Å².